The smallest absolute Gasteiger partial charge is 0.191 e. The zero-order valence-corrected chi connectivity index (χ0v) is 18.1. The van der Waals surface area contributed by atoms with Crippen molar-refractivity contribution in [1.82, 2.24) is 10.6 Å². The first kappa shape index (κ1) is 23.0. The van der Waals surface area contributed by atoms with Crippen molar-refractivity contribution in [2.24, 2.45) is 10.9 Å². The van der Waals surface area contributed by atoms with Crippen molar-refractivity contribution in [2.45, 2.75) is 25.8 Å². The van der Waals surface area contributed by atoms with Crippen molar-refractivity contribution in [3.8, 4) is 11.5 Å². The maximum Gasteiger partial charge on any atom is 0.191 e. The number of aliphatic imine (C=N–C) groups is 1. The van der Waals surface area contributed by atoms with Gasteiger partial charge in [0.25, 0.3) is 0 Å². The molecule has 2 aromatic carbocycles. The van der Waals surface area contributed by atoms with E-state index in [1.54, 1.807) is 25.2 Å². The highest BCUT2D eigenvalue weighted by atomic mass is 19.1. The van der Waals surface area contributed by atoms with Crippen LogP contribution in [0.2, 0.25) is 0 Å². The second kappa shape index (κ2) is 12.9. The summed E-state index contributed by atoms with van der Waals surface area (Å²) in [6, 6.07) is 14.0. The Hall–Kier alpha value is -2.64. The normalized spacial score (nSPS) is 15.0. The molecular formula is C24H32FN3O3. The van der Waals surface area contributed by atoms with Gasteiger partial charge in [0.05, 0.1) is 0 Å². The Balaban J connectivity index is 1.39. The number of hydrogen-bond acceptors (Lipinski definition) is 4. The summed E-state index contributed by atoms with van der Waals surface area (Å²) in [5, 5.41) is 6.57. The van der Waals surface area contributed by atoms with Crippen LogP contribution >= 0.6 is 0 Å². The molecule has 0 spiro atoms. The second-order valence-electron chi connectivity index (χ2n) is 7.48. The highest BCUT2D eigenvalue weighted by molar-refractivity contribution is 5.79. The number of nitrogens with one attached hydrogen (secondary N) is 2. The van der Waals surface area contributed by atoms with Gasteiger partial charge in [-0.2, -0.15) is 0 Å². The zero-order chi connectivity index (χ0) is 21.7. The van der Waals surface area contributed by atoms with Crippen LogP contribution in [0.3, 0.4) is 0 Å². The number of rotatable bonds is 10. The fourth-order valence-electron chi connectivity index (χ4n) is 3.34. The molecule has 1 saturated heterocycles. The molecule has 0 saturated carbocycles. The molecule has 7 heteroatoms. The van der Waals surface area contributed by atoms with Crippen LogP contribution < -0.4 is 15.4 Å². The molecule has 2 N–H and O–H groups in total. The minimum atomic E-state index is -0.387. The molecule has 1 heterocycles. The van der Waals surface area contributed by atoms with Gasteiger partial charge in [0.2, 0.25) is 0 Å². The van der Waals surface area contributed by atoms with Crippen molar-refractivity contribution in [3.05, 3.63) is 59.9 Å². The molecule has 2 aromatic rings. The molecule has 1 fully saturated rings. The van der Waals surface area contributed by atoms with Crippen LogP contribution in [0.4, 0.5) is 4.39 Å². The molecule has 1 aliphatic heterocycles. The van der Waals surface area contributed by atoms with Gasteiger partial charge in [-0.05, 0) is 43.4 Å². The maximum absolute atomic E-state index is 13.9. The fourth-order valence-corrected chi connectivity index (χ4v) is 3.34. The standard InChI is InChI=1S/C24H32FN3O3/c1-26-24(27-13-6-14-30-18-19-11-15-29-16-12-19)28-17-20-7-2-4-9-22(20)31-23-10-5-3-8-21(23)25/h2-5,7-10,19H,6,11-18H2,1H3,(H2,26,27,28). The van der Waals surface area contributed by atoms with Gasteiger partial charge in [0.15, 0.2) is 17.5 Å². The Labute approximate surface area is 183 Å². The molecular weight excluding hydrogens is 397 g/mol. The lowest BCUT2D eigenvalue weighted by Gasteiger charge is -2.21. The lowest BCUT2D eigenvalue weighted by atomic mass is 10.0. The molecule has 3 rings (SSSR count). The summed E-state index contributed by atoms with van der Waals surface area (Å²) >= 11 is 0. The predicted octanol–water partition coefficient (Wildman–Crippen LogP) is 4.12. The summed E-state index contributed by atoms with van der Waals surface area (Å²) in [6.45, 7) is 4.51. The van der Waals surface area contributed by atoms with Crippen molar-refractivity contribution in [3.63, 3.8) is 0 Å². The van der Waals surface area contributed by atoms with Crippen LogP contribution in [0.1, 0.15) is 24.8 Å². The van der Waals surface area contributed by atoms with Crippen molar-refractivity contribution in [2.75, 3.05) is 40.0 Å². The highest BCUT2D eigenvalue weighted by Gasteiger charge is 2.13. The summed E-state index contributed by atoms with van der Waals surface area (Å²) in [6.07, 6.45) is 3.09. The maximum atomic E-state index is 13.9. The van der Waals surface area contributed by atoms with Crippen LogP contribution in [-0.4, -0.2) is 46.0 Å². The van der Waals surface area contributed by atoms with Gasteiger partial charge < -0.3 is 24.8 Å². The summed E-state index contributed by atoms with van der Waals surface area (Å²) in [4.78, 5) is 4.26. The second-order valence-corrected chi connectivity index (χ2v) is 7.48. The first-order valence-corrected chi connectivity index (χ1v) is 10.9. The minimum Gasteiger partial charge on any atom is -0.454 e. The van der Waals surface area contributed by atoms with Gasteiger partial charge >= 0.3 is 0 Å². The van der Waals surface area contributed by atoms with Gasteiger partial charge in [-0.3, -0.25) is 4.99 Å². The van der Waals surface area contributed by atoms with Crippen molar-refractivity contribution >= 4 is 5.96 Å². The molecule has 6 nitrogen and oxygen atoms in total. The molecule has 31 heavy (non-hydrogen) atoms. The Morgan fingerprint density at radius 1 is 1.06 bits per heavy atom. The molecule has 168 valence electrons. The summed E-state index contributed by atoms with van der Waals surface area (Å²) in [5.41, 5.74) is 0.911. The van der Waals surface area contributed by atoms with Crippen LogP contribution in [0.15, 0.2) is 53.5 Å². The van der Waals surface area contributed by atoms with Crippen LogP contribution in [0.5, 0.6) is 11.5 Å². The summed E-state index contributed by atoms with van der Waals surface area (Å²) in [7, 11) is 1.73. The van der Waals surface area contributed by atoms with E-state index in [0.29, 0.717) is 24.2 Å². The lowest BCUT2D eigenvalue weighted by Crippen LogP contribution is -2.37. The average molecular weight is 430 g/mol. The molecule has 0 unspecified atom stereocenters. The highest BCUT2D eigenvalue weighted by Crippen LogP contribution is 2.27. The van der Waals surface area contributed by atoms with E-state index in [2.05, 4.69) is 15.6 Å². The number of guanidine groups is 1. The largest absolute Gasteiger partial charge is 0.454 e. The van der Waals surface area contributed by atoms with E-state index in [-0.39, 0.29) is 11.6 Å². The van der Waals surface area contributed by atoms with E-state index in [0.717, 1.165) is 57.8 Å². The average Bonchev–Trinajstić information content (AvgIpc) is 2.81. The molecule has 0 aliphatic carbocycles. The quantitative estimate of drug-likeness (QED) is 0.338. The Bertz CT molecular complexity index is 825. The summed E-state index contributed by atoms with van der Waals surface area (Å²) in [5.74, 6) is 1.75. The number of ether oxygens (including phenoxy) is 3. The molecule has 0 atom stereocenters. The van der Waals surface area contributed by atoms with Crippen LogP contribution in [0, 0.1) is 11.7 Å². The topological polar surface area (TPSA) is 64.1 Å². The predicted molar refractivity (Wildman–Crippen MR) is 120 cm³/mol. The van der Waals surface area contributed by atoms with Crippen LogP contribution in [0.25, 0.3) is 0 Å². The first-order valence-electron chi connectivity index (χ1n) is 10.9. The van der Waals surface area contributed by atoms with Crippen molar-refractivity contribution < 1.29 is 18.6 Å². The SMILES string of the molecule is CN=C(NCCCOCC1CCOCC1)NCc1ccccc1Oc1ccccc1F. The van der Waals surface area contributed by atoms with E-state index < -0.39 is 0 Å². The fraction of sp³-hybridized carbons (Fsp3) is 0.458. The first-order chi connectivity index (χ1) is 15.3. The number of benzene rings is 2. The van der Waals surface area contributed by atoms with Gasteiger partial charge in [-0.15, -0.1) is 0 Å². The number of nitrogens with zero attached hydrogens (tertiary/aromatic N) is 1. The lowest BCUT2D eigenvalue weighted by molar-refractivity contribution is 0.0203. The third kappa shape index (κ3) is 7.84. The summed E-state index contributed by atoms with van der Waals surface area (Å²) < 4.78 is 30.9. The third-order valence-electron chi connectivity index (χ3n) is 5.15. The number of hydrogen-bond donors (Lipinski definition) is 2. The number of halogens is 1. The van der Waals surface area contributed by atoms with E-state index in [9.17, 15) is 4.39 Å². The molecule has 0 aromatic heterocycles. The third-order valence-corrected chi connectivity index (χ3v) is 5.15. The van der Waals surface area contributed by atoms with E-state index in [1.165, 1.54) is 6.07 Å². The van der Waals surface area contributed by atoms with E-state index >= 15 is 0 Å². The van der Waals surface area contributed by atoms with Gasteiger partial charge in [-0.25, -0.2) is 4.39 Å². The zero-order valence-electron chi connectivity index (χ0n) is 18.1. The molecule has 1 aliphatic rings. The monoisotopic (exact) mass is 429 g/mol. The Kier molecular flexibility index (Phi) is 9.60. The van der Waals surface area contributed by atoms with Crippen LogP contribution in [-0.2, 0) is 16.0 Å². The van der Waals surface area contributed by atoms with E-state index in [4.69, 9.17) is 14.2 Å². The minimum absolute atomic E-state index is 0.207. The Morgan fingerprint density at radius 3 is 2.58 bits per heavy atom. The van der Waals surface area contributed by atoms with Gasteiger partial charge in [0, 0.05) is 52.1 Å². The van der Waals surface area contributed by atoms with Gasteiger partial charge in [-0.1, -0.05) is 30.3 Å². The molecule has 0 amide bonds. The number of para-hydroxylation sites is 2. The van der Waals surface area contributed by atoms with E-state index in [1.807, 2.05) is 24.3 Å². The Morgan fingerprint density at radius 2 is 1.81 bits per heavy atom. The molecule has 0 radical (unpaired) electrons. The molecule has 0 bridgehead atoms. The van der Waals surface area contributed by atoms with Gasteiger partial charge in [0.1, 0.15) is 5.75 Å². The van der Waals surface area contributed by atoms with Crippen molar-refractivity contribution in [1.29, 1.82) is 0 Å².